The molecule has 0 spiro atoms. The number of hydrogen-bond donors (Lipinski definition) is 1. The molecule has 35 heavy (non-hydrogen) atoms. The van der Waals surface area contributed by atoms with Crippen molar-refractivity contribution in [2.75, 3.05) is 5.32 Å². The normalized spacial score (nSPS) is 11.4. The summed E-state index contributed by atoms with van der Waals surface area (Å²) in [6.07, 6.45) is 3.03. The number of rotatable bonds is 5. The number of fused-ring (bicyclic) bond motifs is 1. The van der Waals surface area contributed by atoms with Crippen molar-refractivity contribution >= 4 is 51.9 Å². The van der Waals surface area contributed by atoms with E-state index in [9.17, 15) is 4.79 Å². The van der Waals surface area contributed by atoms with Crippen molar-refractivity contribution in [3.05, 3.63) is 99.7 Å². The summed E-state index contributed by atoms with van der Waals surface area (Å²) in [6, 6.07) is 20.4. The van der Waals surface area contributed by atoms with Crippen LogP contribution in [0.25, 0.3) is 34.1 Å². The molecule has 2 aromatic heterocycles. The van der Waals surface area contributed by atoms with Gasteiger partial charge in [0.05, 0.1) is 5.69 Å². The lowest BCUT2D eigenvalue weighted by Crippen LogP contribution is -2.07. The minimum atomic E-state index is -0.293. The van der Waals surface area contributed by atoms with Crippen LogP contribution in [-0.4, -0.2) is 20.9 Å². The Hall–Kier alpha value is -3.87. The Balaban J connectivity index is 1.28. The molecular formula is C27H20Cl2N4O2. The van der Waals surface area contributed by atoms with E-state index in [4.69, 9.17) is 27.6 Å². The third-order valence-corrected chi connectivity index (χ3v) is 6.33. The first-order chi connectivity index (χ1) is 16.9. The van der Waals surface area contributed by atoms with Gasteiger partial charge in [0.2, 0.25) is 5.91 Å². The summed E-state index contributed by atoms with van der Waals surface area (Å²) in [5.74, 6) is 0.941. The molecule has 0 saturated carbocycles. The van der Waals surface area contributed by atoms with Gasteiger partial charge in [0.15, 0.2) is 0 Å². The van der Waals surface area contributed by atoms with E-state index in [1.807, 2.05) is 56.3 Å². The van der Waals surface area contributed by atoms with Crippen LogP contribution in [0.1, 0.15) is 16.9 Å². The predicted octanol–water partition coefficient (Wildman–Crippen LogP) is 7.26. The van der Waals surface area contributed by atoms with Crippen molar-refractivity contribution in [3.63, 3.8) is 0 Å². The van der Waals surface area contributed by atoms with E-state index < -0.39 is 0 Å². The SMILES string of the molecule is Cc1ccc(-c2ccc(/C=C/C(=O)Nc3ccc4nn(-c5ccc(C)c(Cl)c5)nc4c3)o2)cc1Cl. The maximum absolute atomic E-state index is 12.5. The van der Waals surface area contributed by atoms with Crippen LogP contribution in [0.15, 0.2) is 77.2 Å². The monoisotopic (exact) mass is 502 g/mol. The molecule has 0 unspecified atom stereocenters. The first-order valence-corrected chi connectivity index (χ1v) is 11.6. The summed E-state index contributed by atoms with van der Waals surface area (Å²) in [6.45, 7) is 3.88. The Morgan fingerprint density at radius 1 is 0.886 bits per heavy atom. The number of furan rings is 1. The third kappa shape index (κ3) is 4.99. The number of aryl methyl sites for hydroxylation is 2. The summed E-state index contributed by atoms with van der Waals surface area (Å²) < 4.78 is 5.83. The van der Waals surface area contributed by atoms with Crippen molar-refractivity contribution in [3.8, 4) is 17.0 Å². The number of aromatic nitrogens is 3. The molecule has 0 aliphatic heterocycles. The quantitative estimate of drug-likeness (QED) is 0.256. The van der Waals surface area contributed by atoms with Gasteiger partial charge in [-0.1, -0.05) is 41.4 Å². The Labute approximate surface area is 211 Å². The third-order valence-electron chi connectivity index (χ3n) is 5.52. The molecule has 0 bridgehead atoms. The predicted molar refractivity (Wildman–Crippen MR) is 140 cm³/mol. The Kier molecular flexibility index (Phi) is 6.16. The summed E-state index contributed by atoms with van der Waals surface area (Å²) in [5.41, 5.74) is 5.57. The zero-order chi connectivity index (χ0) is 24.5. The van der Waals surface area contributed by atoms with Gasteiger partial charge in [-0.3, -0.25) is 4.79 Å². The van der Waals surface area contributed by atoms with Crippen LogP contribution in [-0.2, 0) is 4.79 Å². The number of nitrogens with zero attached hydrogens (tertiary/aromatic N) is 3. The number of anilines is 1. The molecule has 0 radical (unpaired) electrons. The van der Waals surface area contributed by atoms with Crippen molar-refractivity contribution in [2.45, 2.75) is 13.8 Å². The van der Waals surface area contributed by atoms with E-state index in [-0.39, 0.29) is 5.91 Å². The van der Waals surface area contributed by atoms with Crippen LogP contribution in [0.2, 0.25) is 10.0 Å². The summed E-state index contributed by atoms with van der Waals surface area (Å²) in [4.78, 5) is 14.0. The van der Waals surface area contributed by atoms with Crippen LogP contribution < -0.4 is 5.32 Å². The molecule has 5 aromatic rings. The molecule has 0 saturated heterocycles. The Morgan fingerprint density at radius 3 is 2.40 bits per heavy atom. The van der Waals surface area contributed by atoms with Gasteiger partial charge in [0.25, 0.3) is 0 Å². The fourth-order valence-electron chi connectivity index (χ4n) is 3.50. The zero-order valence-electron chi connectivity index (χ0n) is 18.9. The number of amides is 1. The minimum absolute atomic E-state index is 0.293. The molecule has 3 aromatic carbocycles. The van der Waals surface area contributed by atoms with Gasteiger partial charge in [-0.15, -0.1) is 10.2 Å². The fraction of sp³-hybridized carbons (Fsp3) is 0.0741. The molecule has 0 aliphatic carbocycles. The summed E-state index contributed by atoms with van der Waals surface area (Å²) in [5, 5.41) is 13.2. The van der Waals surface area contributed by atoms with Crippen LogP contribution >= 0.6 is 23.2 Å². The second-order valence-corrected chi connectivity index (χ2v) is 8.93. The molecule has 6 nitrogen and oxygen atoms in total. The summed E-state index contributed by atoms with van der Waals surface area (Å²) >= 11 is 12.4. The Morgan fingerprint density at radius 2 is 1.63 bits per heavy atom. The van der Waals surface area contributed by atoms with Crippen molar-refractivity contribution in [1.29, 1.82) is 0 Å². The van der Waals surface area contributed by atoms with Gasteiger partial charge in [0, 0.05) is 27.4 Å². The number of halogens is 2. The lowest BCUT2D eigenvalue weighted by molar-refractivity contribution is -0.111. The summed E-state index contributed by atoms with van der Waals surface area (Å²) in [7, 11) is 0. The van der Waals surface area contributed by atoms with Crippen LogP contribution in [0, 0.1) is 13.8 Å². The van der Waals surface area contributed by atoms with Gasteiger partial charge in [-0.05, 0) is 79.6 Å². The molecule has 2 heterocycles. The van der Waals surface area contributed by atoms with Crippen molar-refractivity contribution < 1.29 is 9.21 Å². The van der Waals surface area contributed by atoms with E-state index >= 15 is 0 Å². The topological polar surface area (TPSA) is 73.0 Å². The van der Waals surface area contributed by atoms with Crippen LogP contribution in [0.4, 0.5) is 5.69 Å². The van der Waals surface area contributed by atoms with E-state index in [2.05, 4.69) is 15.5 Å². The van der Waals surface area contributed by atoms with Crippen molar-refractivity contribution in [1.82, 2.24) is 15.0 Å². The van der Waals surface area contributed by atoms with Gasteiger partial charge >= 0.3 is 0 Å². The largest absolute Gasteiger partial charge is 0.457 e. The maximum atomic E-state index is 12.5. The fourth-order valence-corrected chi connectivity index (χ4v) is 3.85. The lowest BCUT2D eigenvalue weighted by Gasteiger charge is -2.02. The highest BCUT2D eigenvalue weighted by Gasteiger charge is 2.09. The van der Waals surface area contributed by atoms with Crippen LogP contribution in [0.5, 0.6) is 0 Å². The van der Waals surface area contributed by atoms with Gasteiger partial charge in [-0.2, -0.15) is 4.80 Å². The van der Waals surface area contributed by atoms with E-state index in [0.717, 1.165) is 22.4 Å². The van der Waals surface area contributed by atoms with E-state index in [1.54, 1.807) is 30.3 Å². The molecule has 0 aliphatic rings. The zero-order valence-corrected chi connectivity index (χ0v) is 20.4. The van der Waals surface area contributed by atoms with E-state index in [0.29, 0.717) is 38.3 Å². The highest BCUT2D eigenvalue weighted by Crippen LogP contribution is 2.27. The van der Waals surface area contributed by atoms with Gasteiger partial charge in [-0.25, -0.2) is 0 Å². The number of carbonyl (C=O) groups excluding carboxylic acids is 1. The molecule has 1 amide bonds. The number of carbonyl (C=O) groups is 1. The average Bonchev–Trinajstić information content (AvgIpc) is 3.48. The molecule has 5 rings (SSSR count). The Bertz CT molecular complexity index is 1600. The second-order valence-electron chi connectivity index (χ2n) is 8.11. The standard InChI is InChI=1S/C27H20Cl2N4O2/c1-16-3-5-18(13-22(16)28)26-11-8-21(35-26)9-12-27(34)30-19-6-10-24-25(14-19)32-33(31-24)20-7-4-17(2)23(29)15-20/h3-15H,1-2H3,(H,30,34)/b12-9+. The molecule has 1 N–H and O–H groups in total. The molecule has 8 heteroatoms. The number of nitrogens with one attached hydrogen (secondary N) is 1. The van der Waals surface area contributed by atoms with E-state index in [1.165, 1.54) is 10.9 Å². The van der Waals surface area contributed by atoms with Gasteiger partial charge < -0.3 is 9.73 Å². The molecule has 0 atom stereocenters. The minimum Gasteiger partial charge on any atom is -0.457 e. The molecular weight excluding hydrogens is 483 g/mol. The first kappa shape index (κ1) is 22.9. The first-order valence-electron chi connectivity index (χ1n) is 10.8. The maximum Gasteiger partial charge on any atom is 0.248 e. The highest BCUT2D eigenvalue weighted by atomic mass is 35.5. The van der Waals surface area contributed by atoms with Crippen molar-refractivity contribution in [2.24, 2.45) is 0 Å². The van der Waals surface area contributed by atoms with Gasteiger partial charge in [0.1, 0.15) is 22.6 Å². The lowest BCUT2D eigenvalue weighted by atomic mass is 10.1. The second kappa shape index (κ2) is 9.41. The number of benzene rings is 3. The smallest absolute Gasteiger partial charge is 0.248 e. The molecule has 0 fully saturated rings. The molecule has 174 valence electrons. The van der Waals surface area contributed by atoms with Crippen LogP contribution in [0.3, 0.4) is 0 Å². The average molecular weight is 503 g/mol. The number of hydrogen-bond acceptors (Lipinski definition) is 4. The highest BCUT2D eigenvalue weighted by molar-refractivity contribution is 6.31.